The molecule has 38 heavy (non-hydrogen) atoms. The fourth-order valence-corrected chi connectivity index (χ4v) is 7.16. The van der Waals surface area contributed by atoms with E-state index in [0.29, 0.717) is 24.8 Å². The lowest BCUT2D eigenvalue weighted by Crippen LogP contribution is -2.54. The summed E-state index contributed by atoms with van der Waals surface area (Å²) in [7, 11) is -0.417. The van der Waals surface area contributed by atoms with E-state index in [1.807, 2.05) is 24.3 Å². The van der Waals surface area contributed by atoms with E-state index in [4.69, 9.17) is 11.6 Å². The lowest BCUT2D eigenvalue weighted by atomic mass is 9.87. The maximum atomic E-state index is 13.3. The Kier molecular flexibility index (Phi) is 7.25. The second-order valence-electron chi connectivity index (χ2n) is 10.1. The van der Waals surface area contributed by atoms with E-state index in [1.165, 1.54) is 14.1 Å². The number of likely N-dealkylation sites (N-methyl/N-ethyl adjacent to an activating group) is 1. The summed E-state index contributed by atoms with van der Waals surface area (Å²) in [6, 6.07) is 12.8. The number of amides is 2. The van der Waals surface area contributed by atoms with Crippen LogP contribution in [0.1, 0.15) is 35.7 Å². The maximum absolute atomic E-state index is 13.3. The summed E-state index contributed by atoms with van der Waals surface area (Å²) in [5, 5.41) is 10.7. The van der Waals surface area contributed by atoms with Crippen molar-refractivity contribution in [3.05, 3.63) is 65.4 Å². The van der Waals surface area contributed by atoms with Crippen LogP contribution in [0.25, 0.3) is 10.9 Å². The lowest BCUT2D eigenvalue weighted by Gasteiger charge is -2.42. The Balaban J connectivity index is 1.61. The topological polar surface area (TPSA) is 114 Å². The van der Waals surface area contributed by atoms with Gasteiger partial charge >= 0.3 is 0 Å². The van der Waals surface area contributed by atoms with Crippen LogP contribution in [-0.4, -0.2) is 89.6 Å². The molecule has 2 amide bonds. The molecule has 1 aromatic heterocycles. The highest BCUT2D eigenvalue weighted by Crippen LogP contribution is 2.41. The third-order valence-corrected chi connectivity index (χ3v) is 9.66. The van der Waals surface area contributed by atoms with Crippen LogP contribution in [0.4, 0.5) is 0 Å². The highest BCUT2D eigenvalue weighted by molar-refractivity contribution is 7.89. The van der Waals surface area contributed by atoms with Crippen molar-refractivity contribution in [2.45, 2.75) is 42.3 Å². The molecule has 2 aliphatic rings. The normalized spacial score (nSPS) is 20.9. The van der Waals surface area contributed by atoms with Crippen LogP contribution in [0.5, 0.6) is 0 Å². The minimum absolute atomic E-state index is 0.140. The third kappa shape index (κ3) is 4.59. The van der Waals surface area contributed by atoms with Crippen molar-refractivity contribution in [2.24, 2.45) is 0 Å². The molecule has 2 atom stereocenters. The average molecular weight is 559 g/mol. The number of halogens is 1. The Labute approximate surface area is 227 Å². The Morgan fingerprint density at radius 1 is 1.08 bits per heavy atom. The second-order valence-corrected chi connectivity index (χ2v) is 12.3. The first-order chi connectivity index (χ1) is 18.1. The van der Waals surface area contributed by atoms with Crippen molar-refractivity contribution in [3.63, 3.8) is 0 Å². The fraction of sp³-hybridized carbons (Fsp3) is 0.407. The summed E-state index contributed by atoms with van der Waals surface area (Å²) >= 11 is 6.05. The van der Waals surface area contributed by atoms with Gasteiger partial charge in [-0.25, -0.2) is 8.42 Å². The van der Waals surface area contributed by atoms with E-state index in [-0.39, 0.29) is 35.7 Å². The van der Waals surface area contributed by atoms with Crippen LogP contribution in [0.2, 0.25) is 0 Å². The van der Waals surface area contributed by atoms with Gasteiger partial charge in [-0.05, 0) is 42.2 Å². The molecule has 5 rings (SSSR count). The summed E-state index contributed by atoms with van der Waals surface area (Å²) in [5.41, 5.74) is 3.30. The number of benzene rings is 2. The summed E-state index contributed by atoms with van der Waals surface area (Å²) in [6.07, 6.45) is 0.658. The van der Waals surface area contributed by atoms with Crippen LogP contribution in [0, 0.1) is 0 Å². The lowest BCUT2D eigenvalue weighted by molar-refractivity contribution is -0.145. The number of carbonyl (C=O) groups excluding carboxylic acids is 2. The van der Waals surface area contributed by atoms with Crippen molar-refractivity contribution in [2.75, 3.05) is 33.1 Å². The first kappa shape index (κ1) is 26.7. The Morgan fingerprint density at radius 2 is 1.74 bits per heavy atom. The predicted octanol–water partition coefficient (Wildman–Crippen LogP) is 2.48. The van der Waals surface area contributed by atoms with E-state index < -0.39 is 28.2 Å². The number of aromatic nitrogens is 1. The van der Waals surface area contributed by atoms with Crippen LogP contribution >= 0.6 is 11.6 Å². The number of carbonyl (C=O) groups is 2. The molecule has 11 heteroatoms. The van der Waals surface area contributed by atoms with Gasteiger partial charge in [0.1, 0.15) is 11.9 Å². The van der Waals surface area contributed by atoms with Crippen LogP contribution in [0.3, 0.4) is 0 Å². The molecule has 2 aromatic carbocycles. The number of hydrogen-bond acceptors (Lipinski definition) is 5. The van der Waals surface area contributed by atoms with E-state index in [9.17, 15) is 23.1 Å². The molecule has 3 aromatic rings. The van der Waals surface area contributed by atoms with E-state index in [0.717, 1.165) is 22.2 Å². The fourth-order valence-electron chi connectivity index (χ4n) is 5.56. The molecule has 2 aliphatic heterocycles. The molecule has 3 heterocycles. The highest BCUT2D eigenvalue weighted by atomic mass is 35.5. The smallest absolute Gasteiger partial charge is 0.245 e. The van der Waals surface area contributed by atoms with Gasteiger partial charge in [0.2, 0.25) is 21.8 Å². The number of hydrogen-bond donors (Lipinski definition) is 2. The number of alkyl halides is 1. The minimum atomic E-state index is -3.73. The molecule has 202 valence electrons. The minimum Gasteiger partial charge on any atom is -0.393 e. The second kappa shape index (κ2) is 10.3. The maximum Gasteiger partial charge on any atom is 0.245 e. The number of fused-ring (bicyclic) bond motifs is 3. The monoisotopic (exact) mass is 558 g/mol. The van der Waals surface area contributed by atoms with Crippen molar-refractivity contribution in [1.29, 1.82) is 0 Å². The zero-order valence-corrected chi connectivity index (χ0v) is 22.9. The van der Waals surface area contributed by atoms with Gasteiger partial charge < -0.3 is 19.9 Å². The van der Waals surface area contributed by atoms with Crippen molar-refractivity contribution >= 4 is 44.3 Å². The zero-order chi connectivity index (χ0) is 27.2. The molecule has 0 spiro atoms. The van der Waals surface area contributed by atoms with Crippen LogP contribution in [-0.2, 0) is 26.0 Å². The molecule has 1 fully saturated rings. The number of aliphatic hydroxyl groups excluding tert-OH is 1. The molecule has 0 aliphatic carbocycles. The summed E-state index contributed by atoms with van der Waals surface area (Å²) in [5.74, 6) is -0.892. The number of rotatable bonds is 5. The number of para-hydroxylation sites is 1. The molecule has 0 bridgehead atoms. The van der Waals surface area contributed by atoms with Crippen molar-refractivity contribution < 1.29 is 23.1 Å². The van der Waals surface area contributed by atoms with Gasteiger partial charge in [-0.2, -0.15) is 4.31 Å². The van der Waals surface area contributed by atoms with E-state index in [1.54, 1.807) is 38.4 Å². The molecule has 2 N–H and O–H groups in total. The largest absolute Gasteiger partial charge is 0.393 e. The summed E-state index contributed by atoms with van der Waals surface area (Å²) in [4.78, 5) is 33.2. The van der Waals surface area contributed by atoms with Crippen molar-refractivity contribution in [3.8, 4) is 0 Å². The number of nitrogens with zero attached hydrogens (tertiary/aromatic N) is 3. The molecule has 0 unspecified atom stereocenters. The number of aliphatic hydroxyl groups is 1. The average Bonchev–Trinajstić information content (AvgIpc) is 3.29. The van der Waals surface area contributed by atoms with Gasteiger partial charge in [-0.1, -0.05) is 30.3 Å². The van der Waals surface area contributed by atoms with Gasteiger partial charge in [0, 0.05) is 50.2 Å². The number of H-pyrrole nitrogens is 1. The number of sulfonamides is 1. The molecule has 0 radical (unpaired) electrons. The van der Waals surface area contributed by atoms with Gasteiger partial charge in [0.05, 0.1) is 17.0 Å². The summed E-state index contributed by atoms with van der Waals surface area (Å²) in [6.45, 7) is 0.525. The molecular weight excluding hydrogens is 528 g/mol. The number of aromatic amines is 1. The number of piperidine rings is 1. The van der Waals surface area contributed by atoms with Gasteiger partial charge in [-0.3, -0.25) is 9.59 Å². The molecule has 0 saturated carbocycles. The first-order valence-electron chi connectivity index (χ1n) is 12.6. The molecule has 1 saturated heterocycles. The Bertz CT molecular complexity index is 1460. The van der Waals surface area contributed by atoms with Gasteiger partial charge in [0.15, 0.2) is 0 Å². The predicted molar refractivity (Wildman–Crippen MR) is 144 cm³/mol. The molecular formula is C27H31ClN4O5S. The first-order valence-corrected chi connectivity index (χ1v) is 14.6. The SMILES string of the molecule is CN(C)C(=O)[C@H]1Cc2c([nH]c3ccccc23)[C@H](c2ccc(S(=O)(=O)N3CCC(O)CC3)cc2)N1C(=O)CCl. The third-order valence-electron chi connectivity index (χ3n) is 7.52. The quantitative estimate of drug-likeness (QED) is 0.467. The van der Waals surface area contributed by atoms with E-state index in [2.05, 4.69) is 4.98 Å². The Morgan fingerprint density at radius 3 is 2.37 bits per heavy atom. The Hall–Kier alpha value is -2.92. The standard InChI is InChI=1S/C27H31ClN4O5S/c1-30(2)27(35)23-15-21-20-5-3-4-6-22(20)29-25(21)26(32(23)24(34)16-28)17-7-9-19(10-8-17)38(36,37)31-13-11-18(33)12-14-31/h3-10,18,23,26,29,33H,11-16H2,1-2H3/t23-,26+/m1/s1. The highest BCUT2D eigenvalue weighted by Gasteiger charge is 2.43. The van der Waals surface area contributed by atoms with Crippen LogP contribution in [0.15, 0.2) is 53.4 Å². The summed E-state index contributed by atoms with van der Waals surface area (Å²) < 4.78 is 27.9. The number of nitrogens with one attached hydrogen (secondary N) is 1. The van der Waals surface area contributed by atoms with Gasteiger partial charge in [0.25, 0.3) is 0 Å². The molecule has 9 nitrogen and oxygen atoms in total. The zero-order valence-electron chi connectivity index (χ0n) is 21.3. The van der Waals surface area contributed by atoms with Crippen molar-refractivity contribution in [1.82, 2.24) is 19.1 Å². The van der Waals surface area contributed by atoms with Gasteiger partial charge in [-0.15, -0.1) is 11.6 Å². The van der Waals surface area contributed by atoms with Crippen LogP contribution < -0.4 is 0 Å². The van der Waals surface area contributed by atoms with E-state index >= 15 is 0 Å².